The number of nitrogens with one attached hydrogen (secondary N) is 1. The minimum Gasteiger partial charge on any atom is -0.493 e. The summed E-state index contributed by atoms with van der Waals surface area (Å²) in [5.41, 5.74) is 0.434. The van der Waals surface area contributed by atoms with E-state index in [9.17, 15) is 14.9 Å². The summed E-state index contributed by atoms with van der Waals surface area (Å²) in [5, 5.41) is 11.8. The minimum atomic E-state index is -0.646. The van der Waals surface area contributed by atoms with Crippen LogP contribution in [0.15, 0.2) is 48.0 Å². The zero-order valence-corrected chi connectivity index (χ0v) is 18.0. The Morgan fingerprint density at radius 3 is 2.38 bits per heavy atom. The van der Waals surface area contributed by atoms with Gasteiger partial charge in [-0.15, -0.1) is 0 Å². The lowest BCUT2D eigenvalue weighted by atomic mass is 10.1. The predicted octanol–water partition coefficient (Wildman–Crippen LogP) is 2.36. The number of hydrogen-bond acceptors (Lipinski definition) is 8. The number of esters is 1. The van der Waals surface area contributed by atoms with Gasteiger partial charge in [-0.2, -0.15) is 5.26 Å². The molecule has 2 aromatic rings. The van der Waals surface area contributed by atoms with Gasteiger partial charge in [0.2, 0.25) is 0 Å². The second-order valence-electron chi connectivity index (χ2n) is 6.24. The van der Waals surface area contributed by atoms with Gasteiger partial charge in [-0.25, -0.2) is 4.79 Å². The summed E-state index contributed by atoms with van der Waals surface area (Å²) in [6.07, 6.45) is 1.40. The number of rotatable bonds is 11. The average molecular weight is 440 g/mol. The van der Waals surface area contributed by atoms with Crippen LogP contribution >= 0.6 is 0 Å². The number of ether oxygens (including phenoxy) is 5. The number of benzene rings is 2. The molecule has 0 radical (unpaired) electrons. The highest BCUT2D eigenvalue weighted by Gasteiger charge is 2.14. The van der Waals surface area contributed by atoms with Gasteiger partial charge in [0.05, 0.1) is 20.8 Å². The topological polar surface area (TPSA) is 116 Å². The maximum Gasteiger partial charge on any atom is 0.349 e. The van der Waals surface area contributed by atoms with E-state index in [1.165, 1.54) is 33.5 Å². The predicted molar refractivity (Wildman–Crippen MR) is 116 cm³/mol. The molecule has 0 aliphatic heterocycles. The van der Waals surface area contributed by atoms with Crippen molar-refractivity contribution in [3.05, 3.63) is 53.6 Å². The first-order chi connectivity index (χ1) is 15.5. The smallest absolute Gasteiger partial charge is 0.349 e. The number of carbonyl (C=O) groups excluding carboxylic acids is 2. The first-order valence-electron chi connectivity index (χ1n) is 9.55. The SMILES string of the molecule is COCCNC(=O)/C(C#N)=C/c1ccc(OC(=O)COc2ccccc2OC)c(OC)c1. The summed E-state index contributed by atoms with van der Waals surface area (Å²) in [7, 11) is 4.43. The van der Waals surface area contributed by atoms with Crippen LogP contribution in [0, 0.1) is 11.3 Å². The molecule has 168 valence electrons. The van der Waals surface area contributed by atoms with E-state index in [1.807, 2.05) is 6.07 Å². The quantitative estimate of drug-likeness (QED) is 0.186. The largest absolute Gasteiger partial charge is 0.493 e. The highest BCUT2D eigenvalue weighted by molar-refractivity contribution is 6.01. The van der Waals surface area contributed by atoms with Crippen LogP contribution in [0.2, 0.25) is 0 Å². The van der Waals surface area contributed by atoms with Crippen molar-refractivity contribution in [2.75, 3.05) is 41.1 Å². The Kier molecular flexibility index (Phi) is 9.56. The second kappa shape index (κ2) is 12.6. The van der Waals surface area contributed by atoms with Crippen molar-refractivity contribution < 1.29 is 33.3 Å². The van der Waals surface area contributed by atoms with Crippen molar-refractivity contribution in [3.63, 3.8) is 0 Å². The highest BCUT2D eigenvalue weighted by atomic mass is 16.6. The molecule has 1 amide bonds. The van der Waals surface area contributed by atoms with Crippen molar-refractivity contribution in [1.82, 2.24) is 5.32 Å². The van der Waals surface area contributed by atoms with Crippen molar-refractivity contribution in [2.24, 2.45) is 0 Å². The number of para-hydroxylation sites is 2. The van der Waals surface area contributed by atoms with Gasteiger partial charge in [0.25, 0.3) is 5.91 Å². The Labute approximate surface area is 186 Å². The van der Waals surface area contributed by atoms with E-state index in [-0.39, 0.29) is 30.2 Å². The molecule has 2 aromatic carbocycles. The fourth-order valence-corrected chi connectivity index (χ4v) is 2.56. The minimum absolute atomic E-state index is 0.0851. The third kappa shape index (κ3) is 7.04. The summed E-state index contributed by atoms with van der Waals surface area (Å²) < 4.78 is 26.1. The molecule has 0 heterocycles. The van der Waals surface area contributed by atoms with Gasteiger partial charge >= 0.3 is 5.97 Å². The Morgan fingerprint density at radius 1 is 1.00 bits per heavy atom. The number of hydrogen-bond donors (Lipinski definition) is 1. The Morgan fingerprint density at radius 2 is 1.72 bits per heavy atom. The lowest BCUT2D eigenvalue weighted by Gasteiger charge is -2.12. The van der Waals surface area contributed by atoms with E-state index in [0.29, 0.717) is 23.7 Å². The van der Waals surface area contributed by atoms with Crippen molar-refractivity contribution >= 4 is 18.0 Å². The van der Waals surface area contributed by atoms with Gasteiger partial charge in [-0.05, 0) is 35.9 Å². The lowest BCUT2D eigenvalue weighted by Crippen LogP contribution is -2.27. The number of carbonyl (C=O) groups is 2. The van der Waals surface area contributed by atoms with Gasteiger partial charge in [0.15, 0.2) is 29.6 Å². The maximum atomic E-state index is 12.2. The van der Waals surface area contributed by atoms with Gasteiger partial charge < -0.3 is 29.0 Å². The summed E-state index contributed by atoms with van der Waals surface area (Å²) in [4.78, 5) is 24.3. The Hall–Kier alpha value is -4.03. The molecular formula is C23H24N2O7. The second-order valence-corrected chi connectivity index (χ2v) is 6.24. The van der Waals surface area contributed by atoms with Crippen LogP contribution in [-0.2, 0) is 14.3 Å². The average Bonchev–Trinajstić information content (AvgIpc) is 2.82. The molecule has 2 rings (SSSR count). The number of nitrogens with zero attached hydrogens (tertiary/aromatic N) is 1. The van der Waals surface area contributed by atoms with Crippen molar-refractivity contribution in [1.29, 1.82) is 5.26 Å². The molecule has 32 heavy (non-hydrogen) atoms. The number of methoxy groups -OCH3 is 3. The third-order valence-electron chi connectivity index (χ3n) is 4.09. The Bertz CT molecular complexity index is 1010. The molecule has 1 N–H and O–H groups in total. The van der Waals surface area contributed by atoms with E-state index in [1.54, 1.807) is 36.4 Å². The third-order valence-corrected chi connectivity index (χ3v) is 4.09. The van der Waals surface area contributed by atoms with E-state index >= 15 is 0 Å². The van der Waals surface area contributed by atoms with Crippen LogP contribution < -0.4 is 24.3 Å². The molecule has 0 aliphatic rings. The highest BCUT2D eigenvalue weighted by Crippen LogP contribution is 2.30. The molecular weight excluding hydrogens is 416 g/mol. The molecule has 9 heteroatoms. The van der Waals surface area contributed by atoms with Crippen LogP contribution in [0.1, 0.15) is 5.56 Å². The zero-order chi connectivity index (χ0) is 23.3. The molecule has 0 aliphatic carbocycles. The van der Waals surface area contributed by atoms with Crippen LogP contribution in [0.5, 0.6) is 23.0 Å². The molecule has 0 unspecified atom stereocenters. The maximum absolute atomic E-state index is 12.2. The standard InChI is InChI=1S/C23H24N2O7/c1-28-11-10-25-23(27)17(14-24)12-16-8-9-20(21(13-16)30-3)32-22(26)15-31-19-7-5-4-6-18(19)29-2/h4-9,12-13H,10-11,15H2,1-3H3,(H,25,27)/b17-12+. The van der Waals surface area contributed by atoms with Gasteiger partial charge in [-0.3, -0.25) is 4.79 Å². The number of nitriles is 1. The summed E-state index contributed by atoms with van der Waals surface area (Å²) in [5.74, 6) is 0.156. The van der Waals surface area contributed by atoms with E-state index in [2.05, 4.69) is 5.32 Å². The monoisotopic (exact) mass is 440 g/mol. The normalized spacial score (nSPS) is 10.6. The molecule has 0 bridgehead atoms. The zero-order valence-electron chi connectivity index (χ0n) is 18.0. The van der Waals surface area contributed by atoms with Gasteiger partial charge in [0.1, 0.15) is 11.6 Å². The summed E-state index contributed by atoms with van der Waals surface area (Å²) in [6, 6.07) is 13.4. The van der Waals surface area contributed by atoms with Gasteiger partial charge in [-0.1, -0.05) is 18.2 Å². The molecule has 0 fully saturated rings. The van der Waals surface area contributed by atoms with E-state index in [0.717, 1.165) is 0 Å². The fourth-order valence-electron chi connectivity index (χ4n) is 2.56. The van der Waals surface area contributed by atoms with Crippen LogP contribution in [0.3, 0.4) is 0 Å². The molecule has 0 spiro atoms. The van der Waals surface area contributed by atoms with Crippen LogP contribution in [0.4, 0.5) is 0 Å². The van der Waals surface area contributed by atoms with Crippen molar-refractivity contribution in [3.8, 4) is 29.1 Å². The van der Waals surface area contributed by atoms with E-state index < -0.39 is 11.9 Å². The molecule has 0 atom stereocenters. The first-order valence-corrected chi connectivity index (χ1v) is 9.55. The summed E-state index contributed by atoms with van der Waals surface area (Å²) >= 11 is 0. The van der Waals surface area contributed by atoms with Gasteiger partial charge in [0, 0.05) is 13.7 Å². The molecule has 0 saturated heterocycles. The van der Waals surface area contributed by atoms with Crippen molar-refractivity contribution in [2.45, 2.75) is 0 Å². The Balaban J connectivity index is 2.07. The number of amides is 1. The molecule has 9 nitrogen and oxygen atoms in total. The molecule has 0 saturated carbocycles. The lowest BCUT2D eigenvalue weighted by molar-refractivity contribution is -0.136. The summed E-state index contributed by atoms with van der Waals surface area (Å²) in [6.45, 7) is 0.272. The fraction of sp³-hybridized carbons (Fsp3) is 0.261. The van der Waals surface area contributed by atoms with Crippen LogP contribution in [-0.4, -0.2) is 53.0 Å². The van der Waals surface area contributed by atoms with Crippen LogP contribution in [0.25, 0.3) is 6.08 Å². The van der Waals surface area contributed by atoms with E-state index in [4.69, 9.17) is 23.7 Å². The first kappa shape index (κ1) is 24.2. The molecule has 0 aromatic heterocycles.